The molecular weight excluding hydrogens is 224 g/mol. The van der Waals surface area contributed by atoms with Crippen LogP contribution in [0.15, 0.2) is 18.2 Å². The van der Waals surface area contributed by atoms with Crippen molar-refractivity contribution in [2.75, 3.05) is 11.7 Å². The fourth-order valence-electron chi connectivity index (χ4n) is 1.72. The Hall–Kier alpha value is -1.46. The molecule has 0 N–H and O–H groups in total. The number of para-hydroxylation sites is 1. The van der Waals surface area contributed by atoms with E-state index in [0.29, 0.717) is 18.2 Å². The van der Waals surface area contributed by atoms with E-state index in [0.717, 1.165) is 15.8 Å². The minimum absolute atomic E-state index is 0.0169. The van der Waals surface area contributed by atoms with Gasteiger partial charge in [-0.05, 0) is 18.6 Å². The second kappa shape index (κ2) is 3.54. The van der Waals surface area contributed by atoms with Gasteiger partial charge in [0.05, 0.1) is 23.2 Å². The molecule has 4 nitrogen and oxygen atoms in total. The summed E-state index contributed by atoms with van der Waals surface area (Å²) in [6, 6.07) is 6.01. The third kappa shape index (κ3) is 1.40. The van der Waals surface area contributed by atoms with Gasteiger partial charge in [0.15, 0.2) is 0 Å². The van der Waals surface area contributed by atoms with Gasteiger partial charge in [0.1, 0.15) is 0 Å². The van der Waals surface area contributed by atoms with Gasteiger partial charge in [0.25, 0.3) is 5.91 Å². The van der Waals surface area contributed by atoms with E-state index in [-0.39, 0.29) is 5.91 Å². The Bertz CT molecular complexity index is 564. The highest BCUT2D eigenvalue weighted by Gasteiger charge is 2.26. The number of rotatable bonds is 1. The Balaban J connectivity index is 2.11. The first kappa shape index (κ1) is 9.74. The molecule has 82 valence electrons. The molecule has 2 aromatic rings. The van der Waals surface area contributed by atoms with E-state index < -0.39 is 0 Å². The van der Waals surface area contributed by atoms with Crippen molar-refractivity contribution in [1.29, 1.82) is 0 Å². The van der Waals surface area contributed by atoms with Crippen LogP contribution < -0.4 is 5.06 Å². The molecular formula is C11H10N2O2S. The van der Waals surface area contributed by atoms with Gasteiger partial charge in [-0.25, -0.2) is 4.98 Å². The van der Waals surface area contributed by atoms with E-state index in [9.17, 15) is 4.79 Å². The number of aryl methyl sites for hydroxylation is 1. The number of fused-ring (bicyclic) bond motifs is 1. The SMILES string of the molecule is Cc1cccc2sc(N3OCCC3=O)nc12. The first-order valence-corrected chi connectivity index (χ1v) is 5.89. The molecule has 16 heavy (non-hydrogen) atoms. The van der Waals surface area contributed by atoms with Crippen LogP contribution in [-0.2, 0) is 9.63 Å². The van der Waals surface area contributed by atoms with Crippen molar-refractivity contribution in [3.8, 4) is 0 Å². The molecule has 0 radical (unpaired) electrons. The standard InChI is InChI=1S/C11H10N2O2S/c1-7-3-2-4-8-10(7)12-11(16-8)13-9(14)5-6-15-13/h2-4H,5-6H2,1H3. The highest BCUT2D eigenvalue weighted by atomic mass is 32.1. The largest absolute Gasteiger partial charge is 0.272 e. The predicted octanol–water partition coefficient (Wildman–Crippen LogP) is 2.27. The second-order valence-corrected chi connectivity index (χ2v) is 4.70. The number of nitrogens with zero attached hydrogens (tertiary/aromatic N) is 2. The number of hydrogen-bond donors (Lipinski definition) is 0. The van der Waals surface area contributed by atoms with Gasteiger partial charge in [-0.3, -0.25) is 9.63 Å². The fraction of sp³-hybridized carbons (Fsp3) is 0.273. The van der Waals surface area contributed by atoms with Gasteiger partial charge in [-0.15, -0.1) is 0 Å². The van der Waals surface area contributed by atoms with Gasteiger partial charge in [0, 0.05) is 0 Å². The molecule has 2 heterocycles. The first-order chi connectivity index (χ1) is 7.75. The molecule has 0 aliphatic carbocycles. The minimum Gasteiger partial charge on any atom is -0.272 e. The molecule has 1 saturated heterocycles. The van der Waals surface area contributed by atoms with E-state index in [2.05, 4.69) is 4.98 Å². The van der Waals surface area contributed by atoms with Crippen LogP contribution in [0.25, 0.3) is 10.2 Å². The average Bonchev–Trinajstić information content (AvgIpc) is 2.84. The number of aromatic nitrogens is 1. The molecule has 0 saturated carbocycles. The van der Waals surface area contributed by atoms with E-state index in [4.69, 9.17) is 4.84 Å². The molecule has 0 spiro atoms. The lowest BCUT2D eigenvalue weighted by Crippen LogP contribution is -2.21. The molecule has 0 unspecified atom stereocenters. The third-order valence-electron chi connectivity index (χ3n) is 2.55. The highest BCUT2D eigenvalue weighted by Crippen LogP contribution is 2.32. The van der Waals surface area contributed by atoms with Crippen molar-refractivity contribution >= 4 is 32.6 Å². The van der Waals surface area contributed by atoms with E-state index in [1.165, 1.54) is 16.4 Å². The maximum atomic E-state index is 11.5. The van der Waals surface area contributed by atoms with Gasteiger partial charge in [0.2, 0.25) is 5.13 Å². The number of amides is 1. The van der Waals surface area contributed by atoms with Crippen LogP contribution in [0, 0.1) is 6.92 Å². The number of benzene rings is 1. The van der Waals surface area contributed by atoms with Crippen LogP contribution in [0.3, 0.4) is 0 Å². The Morgan fingerprint density at radius 1 is 1.50 bits per heavy atom. The molecule has 1 aliphatic heterocycles. The van der Waals surface area contributed by atoms with Crippen LogP contribution in [0.2, 0.25) is 0 Å². The Morgan fingerprint density at radius 3 is 3.06 bits per heavy atom. The number of hydrogen-bond acceptors (Lipinski definition) is 4. The molecule has 1 aliphatic rings. The number of thiazole rings is 1. The normalized spacial score (nSPS) is 16.3. The lowest BCUT2D eigenvalue weighted by molar-refractivity contribution is -0.119. The Labute approximate surface area is 96.4 Å². The second-order valence-electron chi connectivity index (χ2n) is 3.69. The van der Waals surface area contributed by atoms with Crippen molar-refractivity contribution < 1.29 is 9.63 Å². The van der Waals surface area contributed by atoms with Crippen LogP contribution in [0.1, 0.15) is 12.0 Å². The smallest absolute Gasteiger partial charge is 0.255 e. The zero-order valence-corrected chi connectivity index (χ0v) is 9.58. The Kier molecular flexibility index (Phi) is 2.15. The van der Waals surface area contributed by atoms with Crippen LogP contribution in [0.5, 0.6) is 0 Å². The zero-order valence-electron chi connectivity index (χ0n) is 8.77. The summed E-state index contributed by atoms with van der Waals surface area (Å²) in [6.07, 6.45) is 0.439. The van der Waals surface area contributed by atoms with Gasteiger partial charge in [-0.1, -0.05) is 23.5 Å². The van der Waals surface area contributed by atoms with E-state index in [1.807, 2.05) is 25.1 Å². The van der Waals surface area contributed by atoms with E-state index >= 15 is 0 Å². The maximum Gasteiger partial charge on any atom is 0.255 e. The summed E-state index contributed by atoms with van der Waals surface area (Å²) in [4.78, 5) is 21.2. The first-order valence-electron chi connectivity index (χ1n) is 5.08. The summed E-state index contributed by atoms with van der Waals surface area (Å²) < 4.78 is 1.08. The monoisotopic (exact) mass is 234 g/mol. The molecule has 1 amide bonds. The summed E-state index contributed by atoms with van der Waals surface area (Å²) in [7, 11) is 0. The lowest BCUT2D eigenvalue weighted by Gasteiger charge is -2.08. The summed E-state index contributed by atoms with van der Waals surface area (Å²) >= 11 is 1.48. The van der Waals surface area contributed by atoms with Crippen molar-refractivity contribution in [2.45, 2.75) is 13.3 Å². The fourth-order valence-corrected chi connectivity index (χ4v) is 2.74. The predicted molar refractivity (Wildman–Crippen MR) is 62.4 cm³/mol. The summed E-state index contributed by atoms with van der Waals surface area (Å²) in [5.41, 5.74) is 2.07. The van der Waals surface area contributed by atoms with Crippen molar-refractivity contribution in [3.63, 3.8) is 0 Å². The van der Waals surface area contributed by atoms with Gasteiger partial charge < -0.3 is 0 Å². The van der Waals surface area contributed by atoms with Crippen molar-refractivity contribution in [3.05, 3.63) is 23.8 Å². The third-order valence-corrected chi connectivity index (χ3v) is 3.54. The molecule has 0 bridgehead atoms. The molecule has 5 heteroatoms. The highest BCUT2D eigenvalue weighted by molar-refractivity contribution is 7.22. The molecule has 0 atom stereocenters. The lowest BCUT2D eigenvalue weighted by atomic mass is 10.2. The van der Waals surface area contributed by atoms with Crippen LogP contribution >= 0.6 is 11.3 Å². The van der Waals surface area contributed by atoms with Gasteiger partial charge >= 0.3 is 0 Å². The minimum atomic E-state index is -0.0169. The Morgan fingerprint density at radius 2 is 2.38 bits per heavy atom. The summed E-state index contributed by atoms with van der Waals surface area (Å²) in [5, 5.41) is 1.94. The van der Waals surface area contributed by atoms with Gasteiger partial charge in [-0.2, -0.15) is 5.06 Å². The van der Waals surface area contributed by atoms with E-state index in [1.54, 1.807) is 0 Å². The quantitative estimate of drug-likeness (QED) is 0.760. The molecule has 3 rings (SSSR count). The summed E-state index contributed by atoms with van der Waals surface area (Å²) in [6.45, 7) is 2.46. The number of carbonyl (C=O) groups is 1. The number of carbonyl (C=O) groups excluding carboxylic acids is 1. The van der Waals surface area contributed by atoms with Crippen molar-refractivity contribution in [1.82, 2.24) is 4.98 Å². The van der Waals surface area contributed by atoms with Crippen LogP contribution in [0.4, 0.5) is 5.13 Å². The molecule has 1 fully saturated rings. The molecule has 1 aromatic heterocycles. The molecule has 1 aromatic carbocycles. The topological polar surface area (TPSA) is 42.4 Å². The summed E-state index contributed by atoms with van der Waals surface area (Å²) in [5.74, 6) is -0.0169. The maximum absolute atomic E-state index is 11.5. The van der Waals surface area contributed by atoms with Crippen molar-refractivity contribution in [2.24, 2.45) is 0 Å². The number of hydroxylamine groups is 1. The number of anilines is 1. The van der Waals surface area contributed by atoms with Crippen LogP contribution in [-0.4, -0.2) is 17.5 Å². The average molecular weight is 234 g/mol. The zero-order chi connectivity index (χ0) is 11.1.